The molecule has 3 N–H and O–H groups in total. The lowest BCUT2D eigenvalue weighted by molar-refractivity contribution is 0.251. The van der Waals surface area contributed by atoms with Crippen LogP contribution in [0.4, 0.5) is 26.1 Å². The number of aromatic nitrogens is 2. The van der Waals surface area contributed by atoms with Gasteiger partial charge in [0.1, 0.15) is 11.6 Å². The molecule has 1 saturated heterocycles. The highest BCUT2D eigenvalue weighted by molar-refractivity contribution is 6.31. The highest BCUT2D eigenvalue weighted by Gasteiger charge is 2.27. The molecule has 0 spiro atoms. The fraction of sp³-hybridized carbons (Fsp3) is 0.273. The number of aliphatic imine (C=N–C) groups is 1. The van der Waals surface area contributed by atoms with Gasteiger partial charge in [0.05, 0.1) is 23.5 Å². The predicted octanol–water partition coefficient (Wildman–Crippen LogP) is 6.86. The van der Waals surface area contributed by atoms with Gasteiger partial charge in [-0.05, 0) is 56.3 Å². The molecule has 3 heterocycles. The number of nitrogens with one attached hydrogen (secondary N) is 3. The molecule has 44 heavy (non-hydrogen) atoms. The van der Waals surface area contributed by atoms with Gasteiger partial charge in [0.15, 0.2) is 5.96 Å². The summed E-state index contributed by atoms with van der Waals surface area (Å²) in [6.45, 7) is 5.90. The fourth-order valence-electron chi connectivity index (χ4n) is 5.68. The normalized spacial score (nSPS) is 17.4. The summed E-state index contributed by atoms with van der Waals surface area (Å²) in [6, 6.07) is 17.2. The quantitative estimate of drug-likeness (QED) is 0.171. The van der Waals surface area contributed by atoms with Gasteiger partial charge in [-0.25, -0.2) is 18.7 Å². The molecule has 2 unspecified atom stereocenters. The summed E-state index contributed by atoms with van der Waals surface area (Å²) in [4.78, 5) is 17.9. The van der Waals surface area contributed by atoms with Gasteiger partial charge in [-0.2, -0.15) is 0 Å². The lowest BCUT2D eigenvalue weighted by Gasteiger charge is -2.40. The number of rotatable bonds is 4. The van der Waals surface area contributed by atoms with E-state index in [1.54, 1.807) is 24.4 Å². The van der Waals surface area contributed by atoms with E-state index in [4.69, 9.17) is 22.0 Å². The van der Waals surface area contributed by atoms with Crippen molar-refractivity contribution in [2.45, 2.75) is 39.9 Å². The number of nitrogens with zero attached hydrogens (tertiary/aromatic N) is 5. The minimum Gasteiger partial charge on any atom is -0.340 e. The highest BCUT2D eigenvalue weighted by atomic mass is 35.5. The van der Waals surface area contributed by atoms with Crippen molar-refractivity contribution >= 4 is 40.6 Å². The Hall–Kier alpha value is -4.41. The molecule has 1 aromatic heterocycles. The zero-order valence-corrected chi connectivity index (χ0v) is 24.8. The first-order valence-electron chi connectivity index (χ1n) is 14.0. The maximum atomic E-state index is 14.9. The van der Waals surface area contributed by atoms with E-state index in [0.717, 1.165) is 24.5 Å². The topological polar surface area (TPSA) is 92.5 Å². The van der Waals surface area contributed by atoms with Gasteiger partial charge in [-0.3, -0.25) is 10.4 Å². The number of piperazine rings is 1. The van der Waals surface area contributed by atoms with Crippen molar-refractivity contribution in [3.63, 3.8) is 0 Å². The molecule has 8 nitrogen and oxygen atoms in total. The van der Waals surface area contributed by atoms with Crippen LogP contribution in [0.3, 0.4) is 0 Å². The van der Waals surface area contributed by atoms with E-state index in [2.05, 4.69) is 39.4 Å². The van der Waals surface area contributed by atoms with Crippen LogP contribution in [0, 0.1) is 17.0 Å². The molecule has 2 aliphatic heterocycles. The number of hydrogen-bond donors (Lipinski definition) is 3. The van der Waals surface area contributed by atoms with Crippen LogP contribution in [-0.2, 0) is 6.54 Å². The van der Waals surface area contributed by atoms with Gasteiger partial charge >= 0.3 is 0 Å². The molecule has 11 heteroatoms. The number of benzene rings is 3. The standard InChI is InChI=1S/C32H31ClF2N8.CH4/c1-18-16-43(17-19(2)39-18)31(36)42(3)23-7-4-6-22(13-23)40-32-38-15-20-14-37-30(28-26(34)8-5-9-27(28)35)25-12-21(33)10-11-24(25)29(20)41-32;/h4-13,15,18-19,36,39H,14,16-17H2,1-3H3,(H,38,40,41);1H4. The number of fused-ring (bicyclic) bond motifs is 3. The van der Waals surface area contributed by atoms with Crippen LogP contribution in [-0.4, -0.2) is 58.8 Å². The van der Waals surface area contributed by atoms with Gasteiger partial charge in [0.25, 0.3) is 0 Å². The number of hydrogen-bond acceptors (Lipinski definition) is 6. The third kappa shape index (κ3) is 6.13. The molecule has 0 bridgehead atoms. The number of anilines is 3. The van der Waals surface area contributed by atoms with Gasteiger partial charge in [0, 0.05) is 71.5 Å². The lowest BCUT2D eigenvalue weighted by atomic mass is 9.95. The average molecular weight is 617 g/mol. The summed E-state index contributed by atoms with van der Waals surface area (Å²) >= 11 is 6.34. The molecule has 0 aliphatic carbocycles. The molecule has 0 amide bonds. The van der Waals surface area contributed by atoms with Crippen molar-refractivity contribution in [2.75, 3.05) is 30.4 Å². The van der Waals surface area contributed by atoms with Crippen molar-refractivity contribution in [3.8, 4) is 11.3 Å². The van der Waals surface area contributed by atoms with Crippen molar-refractivity contribution in [2.24, 2.45) is 4.99 Å². The van der Waals surface area contributed by atoms with Crippen LogP contribution in [0.15, 0.2) is 71.9 Å². The first-order valence-corrected chi connectivity index (χ1v) is 14.4. The maximum Gasteiger partial charge on any atom is 0.227 e. The highest BCUT2D eigenvalue weighted by Crippen LogP contribution is 2.35. The van der Waals surface area contributed by atoms with E-state index in [0.29, 0.717) is 51.4 Å². The Morgan fingerprint density at radius 3 is 2.45 bits per heavy atom. The minimum absolute atomic E-state index is 0. The molecule has 2 aliphatic rings. The number of halogens is 3. The Kier molecular flexibility index (Phi) is 8.94. The van der Waals surface area contributed by atoms with E-state index in [1.807, 2.05) is 36.2 Å². The summed E-state index contributed by atoms with van der Waals surface area (Å²) in [5.41, 5.74) is 3.99. The Bertz CT molecular complexity index is 1710. The summed E-state index contributed by atoms with van der Waals surface area (Å²) in [5.74, 6) is -0.637. The smallest absolute Gasteiger partial charge is 0.227 e. The monoisotopic (exact) mass is 616 g/mol. The molecule has 1 fully saturated rings. The largest absolute Gasteiger partial charge is 0.340 e. The van der Waals surface area contributed by atoms with E-state index in [1.165, 1.54) is 18.2 Å². The molecule has 228 valence electrons. The maximum absolute atomic E-state index is 14.9. The zero-order chi connectivity index (χ0) is 30.2. The second-order valence-corrected chi connectivity index (χ2v) is 11.4. The minimum atomic E-state index is -0.706. The summed E-state index contributed by atoms with van der Waals surface area (Å²) in [5, 5.41) is 16.0. The van der Waals surface area contributed by atoms with Crippen molar-refractivity contribution < 1.29 is 8.78 Å². The Morgan fingerprint density at radius 2 is 1.73 bits per heavy atom. The van der Waals surface area contributed by atoms with Crippen LogP contribution >= 0.6 is 11.6 Å². The first kappa shape index (κ1) is 31.0. The second-order valence-electron chi connectivity index (χ2n) is 11.0. The SMILES string of the molecule is C.CC1CN(C(=N)N(C)c2cccc(Nc3ncc4c(n3)-c3ccc(Cl)cc3C(c3c(F)cccc3F)=NC4)c2)CC(C)N1. The Labute approximate surface area is 261 Å². The molecule has 2 atom stereocenters. The van der Waals surface area contributed by atoms with Gasteiger partial charge in [-0.15, -0.1) is 0 Å². The first-order chi connectivity index (χ1) is 20.7. The van der Waals surface area contributed by atoms with Crippen LogP contribution in [0.1, 0.15) is 38.0 Å². The van der Waals surface area contributed by atoms with Crippen LogP contribution in [0.2, 0.25) is 5.02 Å². The Balaban J connectivity index is 0.00000384. The molecular weight excluding hydrogens is 582 g/mol. The van der Waals surface area contributed by atoms with E-state index < -0.39 is 11.6 Å². The second kappa shape index (κ2) is 12.7. The van der Waals surface area contributed by atoms with Crippen molar-refractivity contribution in [3.05, 3.63) is 100 Å². The van der Waals surface area contributed by atoms with E-state index >= 15 is 0 Å². The van der Waals surface area contributed by atoms with Crippen LogP contribution in [0.25, 0.3) is 11.3 Å². The summed E-state index contributed by atoms with van der Waals surface area (Å²) in [6.07, 6.45) is 1.67. The molecule has 6 rings (SSSR count). The third-order valence-electron chi connectivity index (χ3n) is 7.63. The Morgan fingerprint density at radius 1 is 1.02 bits per heavy atom. The average Bonchev–Trinajstić information content (AvgIpc) is 3.12. The van der Waals surface area contributed by atoms with Gasteiger partial charge < -0.3 is 20.4 Å². The van der Waals surface area contributed by atoms with E-state index in [-0.39, 0.29) is 25.2 Å². The van der Waals surface area contributed by atoms with Gasteiger partial charge in [-0.1, -0.05) is 37.2 Å². The molecule has 0 saturated carbocycles. The van der Waals surface area contributed by atoms with Crippen molar-refractivity contribution in [1.29, 1.82) is 5.41 Å². The molecular formula is C33H35ClF2N8. The third-order valence-corrected chi connectivity index (χ3v) is 7.86. The van der Waals surface area contributed by atoms with Crippen LogP contribution in [0.5, 0.6) is 0 Å². The van der Waals surface area contributed by atoms with E-state index in [9.17, 15) is 8.78 Å². The molecule has 0 radical (unpaired) electrons. The van der Waals surface area contributed by atoms with Crippen LogP contribution < -0.4 is 15.5 Å². The summed E-state index contributed by atoms with van der Waals surface area (Å²) in [7, 11) is 1.88. The molecule has 4 aromatic rings. The number of guanidine groups is 1. The molecule has 3 aromatic carbocycles. The fourth-order valence-corrected chi connectivity index (χ4v) is 5.85. The van der Waals surface area contributed by atoms with Gasteiger partial charge in [0.2, 0.25) is 5.95 Å². The zero-order valence-electron chi connectivity index (χ0n) is 24.0. The predicted molar refractivity (Wildman–Crippen MR) is 174 cm³/mol. The lowest BCUT2D eigenvalue weighted by Crippen LogP contribution is -2.58. The summed E-state index contributed by atoms with van der Waals surface area (Å²) < 4.78 is 29.7. The van der Waals surface area contributed by atoms with Crippen molar-refractivity contribution in [1.82, 2.24) is 20.2 Å².